The molecule has 9 heteroatoms. The molecule has 24 heavy (non-hydrogen) atoms. The number of fused-ring (bicyclic) bond motifs is 1. The Kier molecular flexibility index (Phi) is 4.31. The molecule has 1 aliphatic rings. The summed E-state index contributed by atoms with van der Waals surface area (Å²) in [5.41, 5.74) is 2.13. The van der Waals surface area contributed by atoms with Gasteiger partial charge in [0.1, 0.15) is 0 Å². The van der Waals surface area contributed by atoms with E-state index in [-0.39, 0.29) is 11.9 Å². The van der Waals surface area contributed by atoms with E-state index in [1.807, 2.05) is 0 Å². The van der Waals surface area contributed by atoms with Crippen LogP contribution in [0.5, 0.6) is 0 Å². The molecule has 1 atom stereocenters. The molecule has 2 aromatic heterocycles. The van der Waals surface area contributed by atoms with Gasteiger partial charge >= 0.3 is 0 Å². The number of carbonyl (C=O) groups excluding carboxylic acids is 1. The average molecular weight is 352 g/mol. The number of hydrogen-bond acceptors (Lipinski definition) is 6. The van der Waals surface area contributed by atoms with E-state index in [0.717, 1.165) is 12.7 Å². The van der Waals surface area contributed by atoms with Gasteiger partial charge in [0.05, 0.1) is 22.9 Å². The van der Waals surface area contributed by atoms with Gasteiger partial charge in [0.15, 0.2) is 0 Å². The predicted octanol–water partition coefficient (Wildman–Crippen LogP) is 0.993. The Balaban J connectivity index is 1.90. The highest BCUT2D eigenvalue weighted by atomic mass is 32.2. The molecule has 1 aliphatic heterocycles. The Morgan fingerprint density at radius 2 is 2.17 bits per heavy atom. The van der Waals surface area contributed by atoms with Crippen molar-refractivity contribution in [1.29, 1.82) is 0 Å². The number of piperidine rings is 1. The number of pyridine rings is 1. The van der Waals surface area contributed by atoms with Gasteiger partial charge in [-0.15, -0.1) is 0 Å². The normalized spacial score (nSPS) is 19.0. The van der Waals surface area contributed by atoms with Crippen molar-refractivity contribution >= 4 is 27.0 Å². The second-order valence-electron chi connectivity index (χ2n) is 6.24. The first-order chi connectivity index (χ1) is 11.2. The molecule has 0 spiro atoms. The Morgan fingerprint density at radius 1 is 1.42 bits per heavy atom. The fourth-order valence-electron chi connectivity index (χ4n) is 3.12. The third-order valence-corrected chi connectivity index (χ3v) is 4.83. The standard InChI is InChI=1S/C15H20N4O4S/c1-9-7-12(13-10(2)17-23-14(13)16-9)15(20)19-6-4-5-11(8-19)18-24(3,21)22/h7,11,18H,4-6,8H2,1-3H3. The second-order valence-corrected chi connectivity index (χ2v) is 8.02. The van der Waals surface area contributed by atoms with Crippen molar-refractivity contribution in [2.75, 3.05) is 19.3 Å². The lowest BCUT2D eigenvalue weighted by Crippen LogP contribution is -2.49. The van der Waals surface area contributed by atoms with Gasteiger partial charge in [-0.1, -0.05) is 5.16 Å². The van der Waals surface area contributed by atoms with Crippen LogP contribution in [0.2, 0.25) is 0 Å². The van der Waals surface area contributed by atoms with Crippen molar-refractivity contribution in [3.8, 4) is 0 Å². The number of sulfonamides is 1. The number of likely N-dealkylation sites (tertiary alicyclic amines) is 1. The molecule has 3 heterocycles. The molecule has 0 radical (unpaired) electrons. The van der Waals surface area contributed by atoms with Gasteiger partial charge in [-0.25, -0.2) is 18.1 Å². The molecule has 1 unspecified atom stereocenters. The maximum Gasteiger partial charge on any atom is 0.258 e. The molecule has 1 fully saturated rings. The van der Waals surface area contributed by atoms with E-state index in [1.54, 1.807) is 24.8 Å². The summed E-state index contributed by atoms with van der Waals surface area (Å²) in [5, 5.41) is 4.50. The predicted molar refractivity (Wildman–Crippen MR) is 88.2 cm³/mol. The van der Waals surface area contributed by atoms with Gasteiger partial charge in [0.2, 0.25) is 10.0 Å². The highest BCUT2D eigenvalue weighted by Crippen LogP contribution is 2.24. The third kappa shape index (κ3) is 3.41. The molecule has 130 valence electrons. The van der Waals surface area contributed by atoms with Crippen LogP contribution in [-0.2, 0) is 10.0 Å². The maximum atomic E-state index is 13.0. The molecular weight excluding hydrogens is 332 g/mol. The van der Waals surface area contributed by atoms with Crippen LogP contribution in [0, 0.1) is 13.8 Å². The second kappa shape index (κ2) is 6.14. The van der Waals surface area contributed by atoms with E-state index < -0.39 is 10.0 Å². The van der Waals surface area contributed by atoms with Gasteiger partial charge in [0, 0.05) is 24.8 Å². The first kappa shape index (κ1) is 16.8. The molecule has 2 aromatic rings. The summed E-state index contributed by atoms with van der Waals surface area (Å²) < 4.78 is 30.6. The Morgan fingerprint density at radius 3 is 2.88 bits per heavy atom. The van der Waals surface area contributed by atoms with Crippen LogP contribution in [0.3, 0.4) is 0 Å². The van der Waals surface area contributed by atoms with E-state index >= 15 is 0 Å². The molecule has 0 aromatic carbocycles. The van der Waals surface area contributed by atoms with Gasteiger partial charge in [0.25, 0.3) is 11.6 Å². The zero-order valence-corrected chi connectivity index (χ0v) is 14.7. The molecule has 8 nitrogen and oxygen atoms in total. The minimum Gasteiger partial charge on any atom is -0.337 e. The van der Waals surface area contributed by atoms with Crippen molar-refractivity contribution < 1.29 is 17.7 Å². The number of aryl methyl sites for hydroxylation is 2. The molecule has 1 amide bonds. The molecule has 0 aliphatic carbocycles. The lowest BCUT2D eigenvalue weighted by molar-refractivity contribution is 0.0705. The van der Waals surface area contributed by atoms with Crippen LogP contribution in [-0.4, -0.2) is 54.8 Å². The van der Waals surface area contributed by atoms with E-state index in [9.17, 15) is 13.2 Å². The summed E-state index contributed by atoms with van der Waals surface area (Å²) in [7, 11) is -3.30. The fourth-order valence-corrected chi connectivity index (χ4v) is 3.92. The van der Waals surface area contributed by atoms with Crippen molar-refractivity contribution in [1.82, 2.24) is 19.8 Å². The van der Waals surface area contributed by atoms with Crippen LogP contribution < -0.4 is 4.72 Å². The van der Waals surface area contributed by atoms with Gasteiger partial charge < -0.3 is 9.42 Å². The van der Waals surface area contributed by atoms with Crippen LogP contribution >= 0.6 is 0 Å². The number of nitrogens with zero attached hydrogens (tertiary/aromatic N) is 3. The van der Waals surface area contributed by atoms with Gasteiger partial charge in [-0.3, -0.25) is 4.79 Å². The van der Waals surface area contributed by atoms with Gasteiger partial charge in [-0.2, -0.15) is 0 Å². The molecule has 0 saturated carbocycles. The quantitative estimate of drug-likeness (QED) is 0.883. The van der Waals surface area contributed by atoms with Crippen molar-refractivity contribution in [2.24, 2.45) is 0 Å². The number of hydrogen-bond donors (Lipinski definition) is 1. The SMILES string of the molecule is Cc1cc(C(=O)N2CCCC(NS(C)(=O)=O)C2)c2c(C)noc2n1. The van der Waals surface area contributed by atoms with Crippen LogP contribution in [0.4, 0.5) is 0 Å². The lowest BCUT2D eigenvalue weighted by atomic mass is 10.0. The highest BCUT2D eigenvalue weighted by molar-refractivity contribution is 7.88. The largest absolute Gasteiger partial charge is 0.337 e. The summed E-state index contributed by atoms with van der Waals surface area (Å²) in [4.78, 5) is 18.9. The summed E-state index contributed by atoms with van der Waals surface area (Å²) in [5.74, 6) is -0.156. The van der Waals surface area contributed by atoms with Crippen molar-refractivity contribution in [2.45, 2.75) is 32.7 Å². The van der Waals surface area contributed by atoms with E-state index in [1.165, 1.54) is 0 Å². The molecule has 0 bridgehead atoms. The fraction of sp³-hybridized carbons (Fsp3) is 0.533. The number of carbonyl (C=O) groups is 1. The van der Waals surface area contributed by atoms with Crippen LogP contribution in [0.15, 0.2) is 10.6 Å². The third-order valence-electron chi connectivity index (χ3n) is 4.06. The van der Waals surface area contributed by atoms with E-state index in [2.05, 4.69) is 14.9 Å². The number of amides is 1. The van der Waals surface area contributed by atoms with Gasteiger partial charge in [-0.05, 0) is 32.8 Å². The average Bonchev–Trinajstić information content (AvgIpc) is 2.85. The van der Waals surface area contributed by atoms with Crippen LogP contribution in [0.25, 0.3) is 11.1 Å². The maximum absolute atomic E-state index is 13.0. The van der Waals surface area contributed by atoms with Crippen molar-refractivity contribution in [3.63, 3.8) is 0 Å². The molecule has 3 rings (SSSR count). The van der Waals surface area contributed by atoms with E-state index in [4.69, 9.17) is 4.52 Å². The van der Waals surface area contributed by atoms with Crippen LogP contribution in [0.1, 0.15) is 34.6 Å². The summed E-state index contributed by atoms with van der Waals surface area (Å²) >= 11 is 0. The lowest BCUT2D eigenvalue weighted by Gasteiger charge is -2.33. The zero-order chi connectivity index (χ0) is 17.5. The van der Waals surface area contributed by atoms with E-state index in [0.29, 0.717) is 47.6 Å². The molecule has 1 saturated heterocycles. The summed E-state index contributed by atoms with van der Waals surface area (Å²) in [6.45, 7) is 4.50. The molecule has 1 N–H and O–H groups in total. The first-order valence-electron chi connectivity index (χ1n) is 7.75. The minimum atomic E-state index is -3.30. The topological polar surface area (TPSA) is 105 Å². The van der Waals surface area contributed by atoms with Crippen molar-refractivity contribution in [3.05, 3.63) is 23.0 Å². The Bertz CT molecular complexity index is 890. The molecular formula is C15H20N4O4S. The summed E-state index contributed by atoms with van der Waals surface area (Å²) in [6, 6.07) is 1.46. The number of aromatic nitrogens is 2. The number of nitrogens with one attached hydrogen (secondary N) is 1. The zero-order valence-electron chi connectivity index (χ0n) is 13.9. The Labute approximate surface area is 140 Å². The number of rotatable bonds is 3. The Hall–Kier alpha value is -2.00. The smallest absolute Gasteiger partial charge is 0.258 e. The highest BCUT2D eigenvalue weighted by Gasteiger charge is 2.28. The first-order valence-corrected chi connectivity index (χ1v) is 9.64. The summed E-state index contributed by atoms with van der Waals surface area (Å²) in [6.07, 6.45) is 2.59. The minimum absolute atomic E-state index is 0.156. The monoisotopic (exact) mass is 352 g/mol.